The molecule has 6 rings (SSSR count). The lowest BCUT2D eigenvalue weighted by Gasteiger charge is -2.34. The first-order valence-electron chi connectivity index (χ1n) is 12.9. The Bertz CT molecular complexity index is 1400. The Hall–Kier alpha value is -3.17. The van der Waals surface area contributed by atoms with Crippen LogP contribution in [0.2, 0.25) is 0 Å². The number of thiophene rings is 1. The molecular weight excluding hydrogens is 482 g/mol. The van der Waals surface area contributed by atoms with Gasteiger partial charge in [0.25, 0.3) is 5.91 Å². The summed E-state index contributed by atoms with van der Waals surface area (Å²) in [6.07, 6.45) is 4.23. The number of rotatable bonds is 7. The van der Waals surface area contributed by atoms with Gasteiger partial charge in [-0.3, -0.25) is 9.69 Å². The summed E-state index contributed by atoms with van der Waals surface area (Å²) in [7, 11) is 0. The van der Waals surface area contributed by atoms with Gasteiger partial charge in [-0.2, -0.15) is 0 Å². The summed E-state index contributed by atoms with van der Waals surface area (Å²) < 4.78 is 0. The summed E-state index contributed by atoms with van der Waals surface area (Å²) in [4.78, 5) is 28.4. The maximum Gasteiger partial charge on any atom is 0.253 e. The molecule has 1 aliphatic carbocycles. The molecule has 1 aliphatic heterocycles. The summed E-state index contributed by atoms with van der Waals surface area (Å²) in [5.74, 6) is 0.981. The molecule has 190 valence electrons. The van der Waals surface area contributed by atoms with E-state index < -0.39 is 5.54 Å². The highest BCUT2D eigenvalue weighted by atomic mass is 32.1. The highest BCUT2D eigenvalue weighted by Crippen LogP contribution is 2.37. The Morgan fingerprint density at radius 1 is 1.03 bits per heavy atom. The molecule has 2 aliphatic rings. The third-order valence-corrected chi connectivity index (χ3v) is 8.67. The van der Waals surface area contributed by atoms with Gasteiger partial charge >= 0.3 is 0 Å². The molecule has 3 heterocycles. The Morgan fingerprint density at radius 2 is 1.76 bits per heavy atom. The molecule has 2 aromatic carbocycles. The van der Waals surface area contributed by atoms with E-state index >= 15 is 0 Å². The zero-order chi connectivity index (χ0) is 25.4. The second-order valence-corrected chi connectivity index (χ2v) is 11.2. The van der Waals surface area contributed by atoms with E-state index in [1.54, 1.807) is 11.3 Å². The van der Waals surface area contributed by atoms with Gasteiger partial charge in [0.1, 0.15) is 16.7 Å². The van der Waals surface area contributed by atoms with Crippen molar-refractivity contribution in [2.24, 2.45) is 11.7 Å². The Balaban J connectivity index is 1.22. The molecule has 2 aromatic heterocycles. The molecule has 1 amide bonds. The number of fused-ring (bicyclic) bond motifs is 1. The van der Waals surface area contributed by atoms with E-state index in [2.05, 4.69) is 14.9 Å². The average Bonchev–Trinajstić information content (AvgIpc) is 3.66. The fourth-order valence-electron chi connectivity index (χ4n) is 5.15. The lowest BCUT2D eigenvalue weighted by molar-refractivity contribution is 0.0632. The number of nitrogens with two attached hydrogens (primary N) is 1. The van der Waals surface area contributed by atoms with E-state index in [-0.39, 0.29) is 12.5 Å². The molecule has 0 unspecified atom stereocenters. The summed E-state index contributed by atoms with van der Waals surface area (Å²) in [5, 5.41) is 11.1. The first-order chi connectivity index (χ1) is 18.0. The number of aromatic nitrogens is 2. The van der Waals surface area contributed by atoms with Crippen molar-refractivity contribution in [3.8, 4) is 10.4 Å². The normalized spacial score (nSPS) is 18.2. The topological polar surface area (TPSA) is 95.6 Å². The molecule has 1 saturated carbocycles. The molecule has 37 heavy (non-hydrogen) atoms. The monoisotopic (exact) mass is 513 g/mol. The fraction of sp³-hybridized carbons (Fsp3) is 0.345. The molecule has 2 fully saturated rings. The van der Waals surface area contributed by atoms with Gasteiger partial charge in [-0.1, -0.05) is 42.5 Å². The van der Waals surface area contributed by atoms with Gasteiger partial charge in [-0.15, -0.1) is 11.3 Å². The van der Waals surface area contributed by atoms with Crippen LogP contribution in [0.1, 0.15) is 34.5 Å². The number of aliphatic hydroxyl groups is 1. The molecule has 0 spiro atoms. The van der Waals surface area contributed by atoms with Crippen LogP contribution in [0.3, 0.4) is 0 Å². The number of benzene rings is 2. The van der Waals surface area contributed by atoms with Crippen molar-refractivity contribution >= 4 is 27.5 Å². The van der Waals surface area contributed by atoms with Gasteiger partial charge < -0.3 is 15.7 Å². The molecule has 1 saturated heterocycles. The van der Waals surface area contributed by atoms with Gasteiger partial charge in [0.2, 0.25) is 0 Å². The number of carbonyl (C=O) groups excluding carboxylic acids is 1. The van der Waals surface area contributed by atoms with E-state index in [1.807, 2.05) is 65.6 Å². The van der Waals surface area contributed by atoms with Crippen LogP contribution >= 0.6 is 11.3 Å². The fourth-order valence-corrected chi connectivity index (χ4v) is 6.15. The van der Waals surface area contributed by atoms with E-state index in [0.717, 1.165) is 58.3 Å². The van der Waals surface area contributed by atoms with Crippen molar-refractivity contribution in [2.75, 3.05) is 39.3 Å². The number of piperazine rings is 1. The van der Waals surface area contributed by atoms with Crippen LogP contribution < -0.4 is 5.73 Å². The first-order valence-corrected chi connectivity index (χ1v) is 13.7. The van der Waals surface area contributed by atoms with Gasteiger partial charge in [0.05, 0.1) is 12.3 Å². The summed E-state index contributed by atoms with van der Waals surface area (Å²) in [6, 6.07) is 19.4. The van der Waals surface area contributed by atoms with Crippen molar-refractivity contribution in [3.05, 3.63) is 83.8 Å². The van der Waals surface area contributed by atoms with Crippen LogP contribution in [0.5, 0.6) is 0 Å². The Labute approximate surface area is 220 Å². The van der Waals surface area contributed by atoms with Crippen molar-refractivity contribution < 1.29 is 9.90 Å². The Kier molecular flexibility index (Phi) is 6.50. The summed E-state index contributed by atoms with van der Waals surface area (Å²) in [5.41, 5.74) is 8.70. The van der Waals surface area contributed by atoms with Crippen LogP contribution in [0.25, 0.3) is 20.7 Å². The van der Waals surface area contributed by atoms with Crippen molar-refractivity contribution in [1.29, 1.82) is 0 Å². The molecule has 1 atom stereocenters. The van der Waals surface area contributed by atoms with E-state index in [4.69, 9.17) is 5.73 Å². The number of aliphatic hydroxyl groups excluding tert-OH is 1. The zero-order valence-electron chi connectivity index (χ0n) is 20.7. The van der Waals surface area contributed by atoms with Crippen LogP contribution in [0.15, 0.2) is 67.0 Å². The van der Waals surface area contributed by atoms with E-state index in [0.29, 0.717) is 11.3 Å². The summed E-state index contributed by atoms with van der Waals surface area (Å²) in [6.45, 7) is 4.42. The average molecular weight is 514 g/mol. The Morgan fingerprint density at radius 3 is 2.43 bits per heavy atom. The molecule has 3 N–H and O–H groups in total. The highest BCUT2D eigenvalue weighted by molar-refractivity contribution is 7.21. The molecule has 0 radical (unpaired) electrons. The van der Waals surface area contributed by atoms with Crippen molar-refractivity contribution in [3.63, 3.8) is 0 Å². The largest absolute Gasteiger partial charge is 0.394 e. The summed E-state index contributed by atoms with van der Waals surface area (Å²) >= 11 is 1.55. The van der Waals surface area contributed by atoms with Crippen molar-refractivity contribution in [1.82, 2.24) is 19.8 Å². The van der Waals surface area contributed by atoms with Crippen LogP contribution in [0, 0.1) is 5.92 Å². The number of carbonyl (C=O) groups is 1. The lowest BCUT2D eigenvalue weighted by atomic mass is 9.87. The molecule has 4 aromatic rings. The number of amides is 1. The SMILES string of the molecule is N[C@@](CO)(c1ccccc1)c1ncnc2sc(-c3ccc(C(=O)N4CCN(CC5CC5)CC4)cc3)cc12. The van der Waals surface area contributed by atoms with Crippen molar-refractivity contribution in [2.45, 2.75) is 18.4 Å². The van der Waals surface area contributed by atoms with Gasteiger partial charge in [-0.05, 0) is 48.1 Å². The van der Waals surface area contributed by atoms with Crippen LogP contribution in [-0.2, 0) is 5.54 Å². The van der Waals surface area contributed by atoms with Gasteiger partial charge in [-0.25, -0.2) is 9.97 Å². The minimum Gasteiger partial charge on any atom is -0.394 e. The minimum absolute atomic E-state index is 0.0980. The van der Waals surface area contributed by atoms with Gasteiger partial charge in [0, 0.05) is 48.6 Å². The maximum atomic E-state index is 13.1. The van der Waals surface area contributed by atoms with Crippen LogP contribution in [0.4, 0.5) is 0 Å². The second-order valence-electron chi connectivity index (χ2n) is 10.2. The first kappa shape index (κ1) is 24.2. The van der Waals surface area contributed by atoms with Gasteiger partial charge in [0.15, 0.2) is 0 Å². The third-order valence-electron chi connectivity index (χ3n) is 7.58. The highest BCUT2D eigenvalue weighted by Gasteiger charge is 2.33. The number of hydrogen-bond donors (Lipinski definition) is 2. The zero-order valence-corrected chi connectivity index (χ0v) is 21.5. The third kappa shape index (κ3) is 4.78. The van der Waals surface area contributed by atoms with E-state index in [9.17, 15) is 9.90 Å². The lowest BCUT2D eigenvalue weighted by Crippen LogP contribution is -2.49. The molecule has 8 heteroatoms. The maximum absolute atomic E-state index is 13.1. The quantitative estimate of drug-likeness (QED) is 0.391. The predicted octanol–water partition coefficient (Wildman–Crippen LogP) is 3.72. The van der Waals surface area contributed by atoms with Crippen LogP contribution in [-0.4, -0.2) is 70.1 Å². The minimum atomic E-state index is -1.14. The molecule has 0 bridgehead atoms. The standard InChI is InChI=1S/C29H31N5O2S/c30-29(18-35,23-4-2-1-3-5-23)26-24-16-25(37-27(24)32-19-31-26)21-8-10-22(11-9-21)28(36)34-14-12-33(13-15-34)17-20-6-7-20/h1-5,8-11,16,19-20,35H,6-7,12-15,17-18,30H2/t29-/m0/s1. The second kappa shape index (κ2) is 9.95. The number of nitrogens with zero attached hydrogens (tertiary/aromatic N) is 4. The number of hydrogen-bond acceptors (Lipinski definition) is 7. The smallest absolute Gasteiger partial charge is 0.253 e. The molecular formula is C29H31N5O2S. The molecule has 7 nitrogen and oxygen atoms in total. The van der Waals surface area contributed by atoms with E-state index in [1.165, 1.54) is 25.7 Å². The predicted molar refractivity (Wildman–Crippen MR) is 146 cm³/mol.